The van der Waals surface area contributed by atoms with Crippen molar-refractivity contribution in [1.29, 1.82) is 0 Å². The molecular formula is C23H17F2NO5S. The Bertz CT molecular complexity index is 1460. The first-order chi connectivity index (χ1) is 15.1. The van der Waals surface area contributed by atoms with Crippen LogP contribution in [0.25, 0.3) is 33.4 Å². The van der Waals surface area contributed by atoms with Gasteiger partial charge in [0.1, 0.15) is 28.5 Å². The summed E-state index contributed by atoms with van der Waals surface area (Å²) in [5.41, 5.74) is 0.607. The summed E-state index contributed by atoms with van der Waals surface area (Å²) < 4.78 is 59.2. The number of carboxylic acids is 1. The van der Waals surface area contributed by atoms with Crippen molar-refractivity contribution in [3.8, 4) is 22.5 Å². The third-order valence-corrected chi connectivity index (χ3v) is 6.32. The lowest BCUT2D eigenvalue weighted by atomic mass is 9.98. The van der Waals surface area contributed by atoms with E-state index < -0.39 is 27.6 Å². The molecule has 1 N–H and O–H groups in total. The Hall–Kier alpha value is -3.72. The molecular weight excluding hydrogens is 440 g/mol. The summed E-state index contributed by atoms with van der Waals surface area (Å²) in [4.78, 5) is 12.1. The summed E-state index contributed by atoms with van der Waals surface area (Å²) in [5, 5.41) is 10.0. The van der Waals surface area contributed by atoms with E-state index in [4.69, 9.17) is 4.42 Å². The lowest BCUT2D eigenvalue weighted by Gasteiger charge is -2.21. The van der Waals surface area contributed by atoms with Crippen LogP contribution >= 0.6 is 0 Å². The molecule has 32 heavy (non-hydrogen) atoms. The normalized spacial score (nSPS) is 11.6. The van der Waals surface area contributed by atoms with Crippen molar-refractivity contribution >= 4 is 32.6 Å². The quantitative estimate of drug-likeness (QED) is 0.448. The minimum atomic E-state index is -3.73. The van der Waals surface area contributed by atoms with E-state index in [1.807, 2.05) is 0 Å². The summed E-state index contributed by atoms with van der Waals surface area (Å²) >= 11 is 0. The standard InChI is InChI=1S/C23H17F2NO5S/c1-26(32(2,29)30)19-12-20-17(11-16(19)15-5-3-4-6-18(15)25)21(23(27)28)22(31-20)13-7-9-14(24)10-8-13/h3-12H,1-2H3,(H,27,28). The molecule has 4 aromatic rings. The molecule has 0 fully saturated rings. The van der Waals surface area contributed by atoms with Crippen LogP contribution in [0.15, 0.2) is 65.1 Å². The molecule has 164 valence electrons. The van der Waals surface area contributed by atoms with E-state index in [1.165, 1.54) is 61.6 Å². The number of carboxylic acid groups (broad SMARTS) is 1. The summed E-state index contributed by atoms with van der Waals surface area (Å²) in [6.07, 6.45) is 0.997. The van der Waals surface area contributed by atoms with E-state index in [0.717, 1.165) is 10.6 Å². The van der Waals surface area contributed by atoms with Gasteiger partial charge in [-0.3, -0.25) is 4.31 Å². The van der Waals surface area contributed by atoms with Gasteiger partial charge in [0.05, 0.1) is 11.9 Å². The molecule has 4 rings (SSSR count). The molecule has 0 aliphatic rings. The molecule has 0 saturated heterocycles. The predicted molar refractivity (Wildman–Crippen MR) is 117 cm³/mol. The van der Waals surface area contributed by atoms with Crippen LogP contribution < -0.4 is 4.31 Å². The van der Waals surface area contributed by atoms with Gasteiger partial charge in [-0.15, -0.1) is 0 Å². The van der Waals surface area contributed by atoms with Gasteiger partial charge in [0.2, 0.25) is 10.0 Å². The van der Waals surface area contributed by atoms with Gasteiger partial charge in [0, 0.05) is 35.2 Å². The smallest absolute Gasteiger partial charge is 0.340 e. The highest BCUT2D eigenvalue weighted by Crippen LogP contribution is 2.41. The zero-order valence-electron chi connectivity index (χ0n) is 17.0. The lowest BCUT2D eigenvalue weighted by molar-refractivity contribution is 0.0699. The van der Waals surface area contributed by atoms with Gasteiger partial charge in [-0.05, 0) is 36.4 Å². The van der Waals surface area contributed by atoms with Crippen molar-refractivity contribution in [2.24, 2.45) is 0 Å². The van der Waals surface area contributed by atoms with Gasteiger partial charge in [-0.2, -0.15) is 0 Å². The summed E-state index contributed by atoms with van der Waals surface area (Å²) in [5.74, 6) is -2.42. The van der Waals surface area contributed by atoms with E-state index in [1.54, 1.807) is 6.07 Å². The molecule has 0 radical (unpaired) electrons. The van der Waals surface area contributed by atoms with Gasteiger partial charge in [0.15, 0.2) is 0 Å². The lowest BCUT2D eigenvalue weighted by Crippen LogP contribution is -2.25. The Morgan fingerprint density at radius 3 is 2.25 bits per heavy atom. The van der Waals surface area contributed by atoms with Crippen molar-refractivity contribution in [1.82, 2.24) is 0 Å². The zero-order chi connectivity index (χ0) is 23.2. The summed E-state index contributed by atoms with van der Waals surface area (Å²) in [6.45, 7) is 0. The Morgan fingerprint density at radius 1 is 1.00 bits per heavy atom. The van der Waals surface area contributed by atoms with E-state index in [2.05, 4.69) is 0 Å². The largest absolute Gasteiger partial charge is 0.478 e. The molecule has 0 bridgehead atoms. The number of nitrogens with zero attached hydrogens (tertiary/aromatic N) is 1. The maximum atomic E-state index is 14.6. The highest BCUT2D eigenvalue weighted by molar-refractivity contribution is 7.92. The molecule has 6 nitrogen and oxygen atoms in total. The molecule has 0 unspecified atom stereocenters. The molecule has 0 amide bonds. The van der Waals surface area contributed by atoms with Crippen molar-refractivity contribution in [2.75, 3.05) is 17.6 Å². The molecule has 0 atom stereocenters. The Morgan fingerprint density at radius 2 is 1.66 bits per heavy atom. The van der Waals surface area contributed by atoms with Gasteiger partial charge < -0.3 is 9.52 Å². The van der Waals surface area contributed by atoms with Gasteiger partial charge in [0.25, 0.3) is 0 Å². The van der Waals surface area contributed by atoms with E-state index in [9.17, 15) is 27.1 Å². The fourth-order valence-electron chi connectivity index (χ4n) is 3.48. The van der Waals surface area contributed by atoms with Crippen molar-refractivity contribution < 1.29 is 31.5 Å². The van der Waals surface area contributed by atoms with Crippen LogP contribution in [0.1, 0.15) is 10.4 Å². The molecule has 1 heterocycles. The van der Waals surface area contributed by atoms with Crippen LogP contribution in [0.4, 0.5) is 14.5 Å². The minimum Gasteiger partial charge on any atom is -0.478 e. The minimum absolute atomic E-state index is 0.0221. The summed E-state index contributed by atoms with van der Waals surface area (Å²) in [6, 6.07) is 13.6. The van der Waals surface area contributed by atoms with Crippen LogP contribution in [0, 0.1) is 11.6 Å². The van der Waals surface area contributed by atoms with Crippen molar-refractivity contribution in [3.05, 3.63) is 77.9 Å². The molecule has 3 aromatic carbocycles. The first-order valence-electron chi connectivity index (χ1n) is 9.36. The maximum absolute atomic E-state index is 14.6. The molecule has 9 heteroatoms. The second kappa shape index (κ2) is 7.76. The number of halogens is 2. The number of hydrogen-bond acceptors (Lipinski definition) is 4. The molecule has 0 spiro atoms. The van der Waals surface area contributed by atoms with E-state index in [0.29, 0.717) is 5.56 Å². The SMILES string of the molecule is CN(c1cc2oc(-c3ccc(F)cc3)c(C(=O)O)c2cc1-c1ccccc1F)S(C)(=O)=O. The van der Waals surface area contributed by atoms with Crippen LogP contribution in [-0.4, -0.2) is 32.8 Å². The molecule has 0 saturated carbocycles. The second-order valence-corrected chi connectivity index (χ2v) is 9.21. The van der Waals surface area contributed by atoms with Crippen molar-refractivity contribution in [2.45, 2.75) is 0 Å². The van der Waals surface area contributed by atoms with Gasteiger partial charge in [-0.25, -0.2) is 22.0 Å². The first-order valence-corrected chi connectivity index (χ1v) is 11.2. The number of sulfonamides is 1. The number of aromatic carboxylic acids is 1. The Labute approximate surface area is 182 Å². The Kier molecular flexibility index (Phi) is 5.21. The summed E-state index contributed by atoms with van der Waals surface area (Å²) in [7, 11) is -2.42. The highest BCUT2D eigenvalue weighted by Gasteiger charge is 2.26. The third kappa shape index (κ3) is 3.71. The number of rotatable bonds is 5. The number of carbonyl (C=O) groups is 1. The molecule has 1 aromatic heterocycles. The van der Waals surface area contributed by atoms with Crippen molar-refractivity contribution in [3.63, 3.8) is 0 Å². The average Bonchev–Trinajstić information content (AvgIpc) is 3.11. The maximum Gasteiger partial charge on any atom is 0.340 e. The molecule has 0 aliphatic carbocycles. The van der Waals surface area contributed by atoms with E-state index in [-0.39, 0.29) is 39.1 Å². The van der Waals surface area contributed by atoms with Crippen LogP contribution in [0.3, 0.4) is 0 Å². The topological polar surface area (TPSA) is 87.8 Å². The van der Waals surface area contributed by atoms with Gasteiger partial charge in [-0.1, -0.05) is 18.2 Å². The number of fused-ring (bicyclic) bond motifs is 1. The van der Waals surface area contributed by atoms with Crippen LogP contribution in [0.2, 0.25) is 0 Å². The van der Waals surface area contributed by atoms with Crippen LogP contribution in [0.5, 0.6) is 0 Å². The fraction of sp³-hybridized carbons (Fsp3) is 0.0870. The number of benzene rings is 3. The second-order valence-electron chi connectivity index (χ2n) is 7.19. The number of anilines is 1. The number of furan rings is 1. The van der Waals surface area contributed by atoms with E-state index >= 15 is 0 Å². The fourth-order valence-corrected chi connectivity index (χ4v) is 3.99. The average molecular weight is 457 g/mol. The molecule has 0 aliphatic heterocycles. The van der Waals surface area contributed by atoms with Gasteiger partial charge >= 0.3 is 5.97 Å². The predicted octanol–water partition coefficient (Wildman–Crippen LogP) is 5.14. The number of hydrogen-bond donors (Lipinski definition) is 1. The van der Waals surface area contributed by atoms with Crippen LogP contribution in [-0.2, 0) is 10.0 Å². The first kappa shape index (κ1) is 21.5. The highest BCUT2D eigenvalue weighted by atomic mass is 32.2. The zero-order valence-corrected chi connectivity index (χ0v) is 17.8. The third-order valence-electron chi connectivity index (χ3n) is 5.13. The monoisotopic (exact) mass is 457 g/mol. The Balaban J connectivity index is 2.09.